The summed E-state index contributed by atoms with van der Waals surface area (Å²) >= 11 is 0. The second-order valence-corrected chi connectivity index (χ2v) is 28.4. The van der Waals surface area contributed by atoms with E-state index in [1.54, 1.807) is 0 Å². The smallest absolute Gasteiger partial charge is 0.306 e. The van der Waals surface area contributed by atoms with Crippen LogP contribution in [0.4, 0.5) is 0 Å². The van der Waals surface area contributed by atoms with Gasteiger partial charge in [0.1, 0.15) is 19.8 Å². The van der Waals surface area contributed by atoms with Crippen LogP contribution in [0.5, 0.6) is 0 Å². The average molecular weight is 1400 g/mol. The molecule has 10 heteroatoms. The van der Waals surface area contributed by atoms with Crippen molar-refractivity contribution in [2.24, 2.45) is 0 Å². The van der Waals surface area contributed by atoms with Crippen molar-refractivity contribution in [2.45, 2.75) is 302 Å². The molecule has 0 aromatic heterocycles. The standard InChI is InChI=1S/C90H146NO8P/c1-6-8-10-12-14-16-18-20-22-24-26-28-30-32-34-36-38-40-42-43-44-45-46-47-49-50-52-54-56-58-60-62-64-66-68-70-72-74-76-78-80-82-89(92)96-86-88(87-98-100(94,95)97-85-84-91(3,4)5)99-90(93)83-81-79-77-75-73-71-69-67-65-63-61-59-57-55-53-51-48-41-39-37-35-33-31-29-27-25-23-21-19-17-15-13-11-9-7-2/h8-11,14-17,20-23,26-29,32-35,38-41,43-44,51,53,57,59,63,65,69,71,88H,6-7,12-13,18-19,24-25,30-31,36-37,42,45-50,52,54-56,58,60-62,64,66-68,70,72-87H2,1-5H3/b10-8-,11-9-,16-14-,17-15-,22-20-,23-21-,28-26-,29-27-,34-32-,35-33-,40-38-,41-39-,44-43-,53-51-,59-57-,65-63-,71-69-. The van der Waals surface area contributed by atoms with Gasteiger partial charge in [0.2, 0.25) is 0 Å². The zero-order valence-electron chi connectivity index (χ0n) is 64.3. The van der Waals surface area contributed by atoms with Gasteiger partial charge in [0.05, 0.1) is 27.7 Å². The molecule has 0 heterocycles. The molecule has 0 radical (unpaired) electrons. The molecule has 0 amide bonds. The van der Waals surface area contributed by atoms with Gasteiger partial charge in [-0.3, -0.25) is 14.2 Å². The number of unbranched alkanes of at least 4 members (excludes halogenated alkanes) is 23. The SMILES string of the molecule is CC/C=C\C/C=C\C/C=C\C/C=C\C/C=C\C/C=C\C/C=C\C/C=C\C/C=C\C/C=C\CCCCCCC(=O)OC(COC(=O)CCCCCCCCCCCCCCCCCCCCC/C=C\C/C=C\C/C=C\C/C=C\C/C=C\C/C=C\C/C=C\CC)COP(=O)([O-])OCC[N+](C)(C)C. The Labute approximate surface area is 615 Å². The highest BCUT2D eigenvalue weighted by Gasteiger charge is 2.22. The summed E-state index contributed by atoms with van der Waals surface area (Å²) in [5.41, 5.74) is 0. The van der Waals surface area contributed by atoms with E-state index in [0.29, 0.717) is 17.4 Å². The number of esters is 2. The van der Waals surface area contributed by atoms with Gasteiger partial charge in [-0.15, -0.1) is 0 Å². The van der Waals surface area contributed by atoms with Gasteiger partial charge in [-0.25, -0.2) is 0 Å². The van der Waals surface area contributed by atoms with Gasteiger partial charge in [-0.1, -0.05) is 342 Å². The molecule has 0 saturated carbocycles. The fourth-order valence-electron chi connectivity index (χ4n) is 10.3. The number of rotatable bonds is 71. The Hall–Kier alpha value is -5.41. The van der Waals surface area contributed by atoms with Gasteiger partial charge in [-0.2, -0.15) is 0 Å². The van der Waals surface area contributed by atoms with E-state index in [1.165, 1.54) is 109 Å². The Morgan fingerprint density at radius 3 is 0.800 bits per heavy atom. The molecule has 2 atom stereocenters. The van der Waals surface area contributed by atoms with E-state index in [0.717, 1.165) is 154 Å². The molecule has 0 aliphatic carbocycles. The van der Waals surface area contributed by atoms with Crippen LogP contribution < -0.4 is 4.89 Å². The van der Waals surface area contributed by atoms with Crippen molar-refractivity contribution in [1.82, 2.24) is 0 Å². The number of carbonyl (C=O) groups excluding carboxylic acids is 2. The number of hydrogen-bond acceptors (Lipinski definition) is 8. The maximum atomic E-state index is 12.9. The first kappa shape index (κ1) is 94.6. The lowest BCUT2D eigenvalue weighted by Gasteiger charge is -2.28. The summed E-state index contributed by atoms with van der Waals surface area (Å²) in [6, 6.07) is 0. The van der Waals surface area contributed by atoms with Crippen LogP contribution in [0.15, 0.2) is 207 Å². The Kier molecular flexibility index (Phi) is 73.5. The fraction of sp³-hybridized carbons (Fsp3) is 0.600. The van der Waals surface area contributed by atoms with Gasteiger partial charge in [0.15, 0.2) is 6.10 Å². The Balaban J connectivity index is 4.07. The molecule has 0 aromatic rings. The second kappa shape index (κ2) is 77.7. The van der Waals surface area contributed by atoms with Gasteiger partial charge in [0.25, 0.3) is 7.82 Å². The van der Waals surface area contributed by atoms with E-state index in [4.69, 9.17) is 18.5 Å². The normalized spacial score (nSPS) is 14.2. The molecule has 0 aliphatic rings. The highest BCUT2D eigenvalue weighted by molar-refractivity contribution is 7.45. The number of ether oxygens (including phenoxy) is 2. The molecule has 0 spiro atoms. The van der Waals surface area contributed by atoms with Crippen LogP contribution in [0.25, 0.3) is 0 Å². The van der Waals surface area contributed by atoms with Crippen LogP contribution in [-0.2, 0) is 32.7 Å². The van der Waals surface area contributed by atoms with Crippen molar-refractivity contribution in [3.8, 4) is 0 Å². The zero-order valence-corrected chi connectivity index (χ0v) is 65.2. The minimum Gasteiger partial charge on any atom is -0.756 e. The minimum atomic E-state index is -4.67. The number of hydrogen-bond donors (Lipinski definition) is 0. The lowest BCUT2D eigenvalue weighted by Crippen LogP contribution is -2.37. The van der Waals surface area contributed by atoms with Crippen LogP contribution in [0.1, 0.15) is 296 Å². The topological polar surface area (TPSA) is 111 Å². The Morgan fingerprint density at radius 1 is 0.310 bits per heavy atom. The number of nitrogens with zero attached hydrogens (tertiary/aromatic N) is 1. The lowest BCUT2D eigenvalue weighted by atomic mass is 10.0. The maximum absolute atomic E-state index is 12.9. The highest BCUT2D eigenvalue weighted by Crippen LogP contribution is 2.38. The summed E-state index contributed by atoms with van der Waals surface area (Å²) in [6.45, 7) is 3.98. The number of phosphoric acid groups is 1. The number of likely N-dealkylation sites (N-methyl/N-ethyl adjacent to an activating group) is 1. The molecule has 0 N–H and O–H groups in total. The first-order valence-electron chi connectivity index (χ1n) is 39.8. The number of quaternary nitrogens is 1. The maximum Gasteiger partial charge on any atom is 0.306 e. The molecule has 0 rings (SSSR count). The predicted octanol–water partition coefficient (Wildman–Crippen LogP) is 26.3. The van der Waals surface area contributed by atoms with Crippen molar-refractivity contribution < 1.29 is 42.1 Å². The van der Waals surface area contributed by atoms with Crippen molar-refractivity contribution in [3.63, 3.8) is 0 Å². The molecule has 9 nitrogen and oxygen atoms in total. The summed E-state index contributed by atoms with van der Waals surface area (Å²) in [6.07, 6.45) is 122. The van der Waals surface area contributed by atoms with Crippen molar-refractivity contribution in [3.05, 3.63) is 207 Å². The third kappa shape index (κ3) is 81.6. The number of allylic oxidation sites excluding steroid dienone is 34. The van der Waals surface area contributed by atoms with E-state index in [1.807, 2.05) is 21.1 Å². The predicted molar refractivity (Wildman–Crippen MR) is 433 cm³/mol. The van der Waals surface area contributed by atoms with E-state index in [-0.39, 0.29) is 26.1 Å². The molecule has 0 aromatic carbocycles. The third-order valence-electron chi connectivity index (χ3n) is 16.3. The summed E-state index contributed by atoms with van der Waals surface area (Å²) < 4.78 is 34.4. The van der Waals surface area contributed by atoms with Gasteiger partial charge < -0.3 is 27.9 Å². The van der Waals surface area contributed by atoms with E-state index < -0.39 is 32.5 Å². The van der Waals surface area contributed by atoms with Crippen LogP contribution in [-0.4, -0.2) is 70.0 Å². The molecule has 564 valence electrons. The molecular formula is C90H146NO8P. The lowest BCUT2D eigenvalue weighted by molar-refractivity contribution is -0.870. The third-order valence-corrected chi connectivity index (χ3v) is 17.3. The summed E-state index contributed by atoms with van der Waals surface area (Å²) in [5.74, 6) is -0.868. The van der Waals surface area contributed by atoms with Crippen molar-refractivity contribution in [1.29, 1.82) is 0 Å². The minimum absolute atomic E-state index is 0.0453. The van der Waals surface area contributed by atoms with Crippen molar-refractivity contribution >= 4 is 19.8 Å². The molecule has 0 bridgehead atoms. The zero-order chi connectivity index (χ0) is 72.5. The van der Waals surface area contributed by atoms with Crippen LogP contribution in [0.2, 0.25) is 0 Å². The first-order chi connectivity index (χ1) is 49.0. The second-order valence-electron chi connectivity index (χ2n) is 27.0. The Morgan fingerprint density at radius 2 is 0.540 bits per heavy atom. The summed E-state index contributed by atoms with van der Waals surface area (Å²) in [5, 5.41) is 0. The van der Waals surface area contributed by atoms with Crippen molar-refractivity contribution in [2.75, 3.05) is 47.5 Å². The monoisotopic (exact) mass is 1400 g/mol. The van der Waals surface area contributed by atoms with E-state index >= 15 is 0 Å². The molecule has 0 aliphatic heterocycles. The van der Waals surface area contributed by atoms with Crippen LogP contribution in [0.3, 0.4) is 0 Å². The highest BCUT2D eigenvalue weighted by atomic mass is 31.2. The van der Waals surface area contributed by atoms with Crippen LogP contribution in [0, 0.1) is 0 Å². The molecule has 0 saturated heterocycles. The summed E-state index contributed by atoms with van der Waals surface area (Å²) in [7, 11) is 1.13. The van der Waals surface area contributed by atoms with E-state index in [2.05, 4.69) is 220 Å². The quantitative estimate of drug-likeness (QED) is 0.0195. The van der Waals surface area contributed by atoms with Crippen LogP contribution >= 0.6 is 7.82 Å². The van der Waals surface area contributed by atoms with Gasteiger partial charge in [0, 0.05) is 12.8 Å². The van der Waals surface area contributed by atoms with Gasteiger partial charge >= 0.3 is 11.9 Å². The van der Waals surface area contributed by atoms with Gasteiger partial charge in [-0.05, 0) is 148 Å². The van der Waals surface area contributed by atoms with E-state index in [9.17, 15) is 19.0 Å². The number of carbonyl (C=O) groups is 2. The molecule has 0 fully saturated rings. The average Bonchev–Trinajstić information content (AvgIpc) is 1.65. The number of phosphoric ester groups is 1. The molecule has 2 unspecified atom stereocenters. The molecule has 100 heavy (non-hydrogen) atoms. The Bertz CT molecular complexity index is 2450. The fourth-order valence-corrected chi connectivity index (χ4v) is 11.0. The first-order valence-corrected chi connectivity index (χ1v) is 41.3. The summed E-state index contributed by atoms with van der Waals surface area (Å²) in [4.78, 5) is 38.2. The molecular weight excluding hydrogens is 1250 g/mol. The largest absolute Gasteiger partial charge is 0.756 e.